The first-order valence-corrected chi connectivity index (χ1v) is 15.0. The third-order valence-electron chi connectivity index (χ3n) is 9.26. The van der Waals surface area contributed by atoms with Crippen LogP contribution in [0.2, 0.25) is 0 Å². The normalized spacial score (nSPS) is 17.5. The summed E-state index contributed by atoms with van der Waals surface area (Å²) in [5, 5.41) is 9.62. The Morgan fingerprint density at radius 2 is 1.03 bits per heavy atom. The minimum absolute atomic E-state index is 0.355. The maximum atomic E-state index is 5.19. The average molecular weight is 523 g/mol. The number of aromatic nitrogens is 6. The number of nitrogens with zero attached hydrogens (tertiary/aromatic N) is 6. The van der Waals surface area contributed by atoms with Gasteiger partial charge in [-0.25, -0.2) is 0 Å². The summed E-state index contributed by atoms with van der Waals surface area (Å²) < 4.78 is 4.49. The van der Waals surface area contributed by atoms with Crippen molar-refractivity contribution >= 4 is 0 Å². The van der Waals surface area contributed by atoms with Gasteiger partial charge in [0.2, 0.25) is 0 Å². The maximum absolute atomic E-state index is 5.19. The van der Waals surface area contributed by atoms with Crippen LogP contribution in [0.5, 0.6) is 0 Å². The lowest BCUT2D eigenvalue weighted by Crippen LogP contribution is -2.22. The second-order valence-corrected chi connectivity index (χ2v) is 12.2. The monoisotopic (exact) mass is 522 g/mol. The van der Waals surface area contributed by atoms with Gasteiger partial charge in [0.15, 0.2) is 0 Å². The molecule has 0 N–H and O–H groups in total. The summed E-state index contributed by atoms with van der Waals surface area (Å²) in [7, 11) is 0. The van der Waals surface area contributed by atoms with Crippen molar-refractivity contribution in [2.75, 3.05) is 0 Å². The van der Waals surface area contributed by atoms with Crippen LogP contribution in [0.3, 0.4) is 0 Å². The van der Waals surface area contributed by atoms with Crippen LogP contribution in [0.15, 0.2) is 48.8 Å². The standard InChI is InChI=1S/C33H42N6/c1-23-27(21-34-38(23)25-13-7-5-8-14-25)29-17-11-19-31(36-29)33(3,4)32-20-12-18-30(37-32)28-22-35-39(24(28)2)26-15-9-6-10-16-26/h11-12,17-22,25-26H,5-10,13-16H2,1-4H3. The van der Waals surface area contributed by atoms with Crippen molar-refractivity contribution in [3.63, 3.8) is 0 Å². The Hall–Kier alpha value is -3.28. The zero-order chi connectivity index (χ0) is 27.0. The molecule has 0 aliphatic heterocycles. The molecule has 0 radical (unpaired) electrons. The van der Waals surface area contributed by atoms with Gasteiger partial charge in [0.05, 0.1) is 47.3 Å². The largest absolute Gasteiger partial charge is 0.266 e. The van der Waals surface area contributed by atoms with E-state index in [-0.39, 0.29) is 5.41 Å². The highest BCUT2D eigenvalue weighted by atomic mass is 15.3. The van der Waals surface area contributed by atoms with Gasteiger partial charge in [0.25, 0.3) is 0 Å². The fourth-order valence-corrected chi connectivity index (χ4v) is 6.73. The molecule has 2 aliphatic rings. The molecule has 2 aliphatic carbocycles. The van der Waals surface area contributed by atoms with Crippen LogP contribution in [0.1, 0.15) is 113 Å². The minimum Gasteiger partial charge on any atom is -0.266 e. The zero-order valence-electron chi connectivity index (χ0n) is 24.0. The zero-order valence-corrected chi connectivity index (χ0v) is 24.0. The van der Waals surface area contributed by atoms with Crippen LogP contribution in [0, 0.1) is 13.8 Å². The molecular formula is C33H42N6. The summed E-state index contributed by atoms with van der Waals surface area (Å²) in [6.07, 6.45) is 16.8. The Balaban J connectivity index is 1.29. The molecule has 6 nitrogen and oxygen atoms in total. The van der Waals surface area contributed by atoms with Crippen LogP contribution in [0.25, 0.3) is 22.5 Å². The Kier molecular flexibility index (Phi) is 7.13. The lowest BCUT2D eigenvalue weighted by atomic mass is 9.84. The highest BCUT2D eigenvalue weighted by molar-refractivity contribution is 5.63. The summed E-state index contributed by atoms with van der Waals surface area (Å²) in [4.78, 5) is 10.4. The predicted octanol–water partition coefficient (Wildman–Crippen LogP) is 8.16. The summed E-state index contributed by atoms with van der Waals surface area (Å²) in [5.41, 5.74) is 8.35. The van der Waals surface area contributed by atoms with Gasteiger partial charge in [-0.15, -0.1) is 0 Å². The van der Waals surface area contributed by atoms with Gasteiger partial charge in [-0.05, 0) is 77.6 Å². The molecule has 0 unspecified atom stereocenters. The number of hydrogen-bond acceptors (Lipinski definition) is 4. The smallest absolute Gasteiger partial charge is 0.0739 e. The Morgan fingerprint density at radius 1 is 0.615 bits per heavy atom. The molecule has 39 heavy (non-hydrogen) atoms. The molecule has 0 amide bonds. The Bertz CT molecular complexity index is 1320. The molecule has 0 atom stereocenters. The lowest BCUT2D eigenvalue weighted by molar-refractivity contribution is 0.325. The van der Waals surface area contributed by atoms with Gasteiger partial charge in [-0.2, -0.15) is 10.2 Å². The highest BCUT2D eigenvalue weighted by Crippen LogP contribution is 2.36. The predicted molar refractivity (Wildman–Crippen MR) is 157 cm³/mol. The van der Waals surface area contributed by atoms with E-state index in [0.717, 1.165) is 33.9 Å². The second-order valence-electron chi connectivity index (χ2n) is 12.2. The molecule has 2 saturated carbocycles. The first-order chi connectivity index (χ1) is 18.9. The first-order valence-electron chi connectivity index (χ1n) is 15.0. The first kappa shape index (κ1) is 26.0. The molecule has 0 spiro atoms. The second kappa shape index (κ2) is 10.7. The van der Waals surface area contributed by atoms with Crippen LogP contribution in [-0.2, 0) is 5.41 Å². The van der Waals surface area contributed by atoms with Crippen molar-refractivity contribution in [3.05, 3.63) is 71.6 Å². The van der Waals surface area contributed by atoms with Gasteiger partial charge in [-0.1, -0.05) is 50.7 Å². The molecule has 4 heterocycles. The van der Waals surface area contributed by atoms with Crippen molar-refractivity contribution < 1.29 is 0 Å². The summed E-state index contributed by atoms with van der Waals surface area (Å²) in [5.74, 6) is 0. The molecule has 0 aromatic carbocycles. The van der Waals surface area contributed by atoms with Crippen molar-refractivity contribution in [2.24, 2.45) is 0 Å². The van der Waals surface area contributed by atoms with E-state index in [1.165, 1.54) is 75.6 Å². The van der Waals surface area contributed by atoms with E-state index in [1.54, 1.807) is 0 Å². The van der Waals surface area contributed by atoms with Crippen LogP contribution < -0.4 is 0 Å². The van der Waals surface area contributed by atoms with Crippen molar-refractivity contribution in [3.8, 4) is 22.5 Å². The SMILES string of the molecule is Cc1c(-c2cccc(C(C)(C)c3cccc(-c4cnn(C5CCCCC5)c4C)n3)n2)cnn1C1CCCCC1. The number of pyridine rings is 2. The van der Waals surface area contributed by atoms with Crippen LogP contribution in [0.4, 0.5) is 0 Å². The van der Waals surface area contributed by atoms with Gasteiger partial charge in [0.1, 0.15) is 0 Å². The van der Waals surface area contributed by atoms with E-state index >= 15 is 0 Å². The fourth-order valence-electron chi connectivity index (χ4n) is 6.73. The van der Waals surface area contributed by atoms with E-state index in [0.29, 0.717) is 12.1 Å². The summed E-state index contributed by atoms with van der Waals surface area (Å²) in [6, 6.07) is 13.8. The molecule has 6 rings (SSSR count). The number of rotatable bonds is 6. The van der Waals surface area contributed by atoms with Crippen molar-refractivity contribution in [1.29, 1.82) is 0 Å². The maximum Gasteiger partial charge on any atom is 0.0739 e. The molecular weight excluding hydrogens is 480 g/mol. The third-order valence-corrected chi connectivity index (χ3v) is 9.26. The van der Waals surface area contributed by atoms with Gasteiger partial charge >= 0.3 is 0 Å². The van der Waals surface area contributed by atoms with E-state index in [4.69, 9.17) is 20.2 Å². The lowest BCUT2D eigenvalue weighted by Gasteiger charge is -2.25. The molecule has 4 aromatic heterocycles. The Morgan fingerprint density at radius 3 is 1.44 bits per heavy atom. The highest BCUT2D eigenvalue weighted by Gasteiger charge is 2.28. The molecule has 0 saturated heterocycles. The van der Waals surface area contributed by atoms with Gasteiger partial charge in [0, 0.05) is 27.9 Å². The molecule has 4 aromatic rings. The van der Waals surface area contributed by atoms with Crippen molar-refractivity contribution in [2.45, 2.75) is 109 Å². The molecule has 6 heteroatoms. The van der Waals surface area contributed by atoms with Crippen molar-refractivity contribution in [1.82, 2.24) is 29.5 Å². The topological polar surface area (TPSA) is 61.4 Å². The van der Waals surface area contributed by atoms with E-state index in [9.17, 15) is 0 Å². The summed E-state index contributed by atoms with van der Waals surface area (Å²) >= 11 is 0. The van der Waals surface area contributed by atoms with Crippen LogP contribution in [-0.4, -0.2) is 29.5 Å². The van der Waals surface area contributed by atoms with Gasteiger partial charge < -0.3 is 0 Å². The minimum atomic E-state index is -0.355. The van der Waals surface area contributed by atoms with Crippen LogP contribution >= 0.6 is 0 Å². The molecule has 2 fully saturated rings. The fraction of sp³-hybridized carbons (Fsp3) is 0.515. The quantitative estimate of drug-likeness (QED) is 0.256. The average Bonchev–Trinajstić information content (AvgIpc) is 3.56. The van der Waals surface area contributed by atoms with E-state index in [1.807, 2.05) is 12.4 Å². The van der Waals surface area contributed by atoms with Gasteiger partial charge in [-0.3, -0.25) is 19.3 Å². The van der Waals surface area contributed by atoms with E-state index < -0.39 is 0 Å². The Labute approximate surface area is 232 Å². The van der Waals surface area contributed by atoms with E-state index in [2.05, 4.69) is 73.5 Å². The number of hydrogen-bond donors (Lipinski definition) is 0. The summed E-state index contributed by atoms with van der Waals surface area (Å²) in [6.45, 7) is 8.83. The third kappa shape index (κ3) is 4.94. The molecule has 204 valence electrons. The molecule has 0 bridgehead atoms.